The minimum Gasteiger partial charge on any atom is -0.357 e. The van der Waals surface area contributed by atoms with Crippen molar-refractivity contribution in [3.63, 3.8) is 0 Å². The van der Waals surface area contributed by atoms with E-state index in [-0.39, 0.29) is 31.7 Å². The topological polar surface area (TPSA) is 16.1 Å². The molecule has 0 aromatic carbocycles. The molecule has 21 heavy (non-hydrogen) atoms. The van der Waals surface area contributed by atoms with Crippen molar-refractivity contribution in [2.75, 3.05) is 18.0 Å². The summed E-state index contributed by atoms with van der Waals surface area (Å²) >= 11 is 1.74. The lowest BCUT2D eigenvalue weighted by atomic mass is 9.96. The molecule has 2 nitrogen and oxygen atoms in total. The van der Waals surface area contributed by atoms with Gasteiger partial charge in [0.05, 0.1) is 5.92 Å². The molecule has 2 heterocycles. The number of hydrogen-bond acceptors (Lipinski definition) is 2. The molecule has 0 amide bonds. The van der Waals surface area contributed by atoms with Crippen LogP contribution in [0.15, 0.2) is 12.1 Å². The molecule has 118 valence electrons. The molecule has 0 spiro atoms. The number of halogens is 7. The van der Waals surface area contributed by atoms with E-state index in [9.17, 15) is 26.3 Å². The highest BCUT2D eigenvalue weighted by molar-refractivity contribution is 14.1. The zero-order valence-electron chi connectivity index (χ0n) is 10.6. The number of rotatable bonds is 1. The Bertz CT molecular complexity index is 505. The lowest BCUT2D eigenvalue weighted by Crippen LogP contribution is -2.39. The number of anilines is 1. The maximum Gasteiger partial charge on any atom is 0.433 e. The van der Waals surface area contributed by atoms with Gasteiger partial charge in [0.1, 0.15) is 11.5 Å². The fourth-order valence-electron chi connectivity index (χ4n) is 2.23. The first-order valence-electron chi connectivity index (χ1n) is 6.14. The van der Waals surface area contributed by atoms with Gasteiger partial charge < -0.3 is 4.90 Å². The van der Waals surface area contributed by atoms with Crippen LogP contribution in [0.2, 0.25) is 0 Å². The fourth-order valence-corrected chi connectivity index (χ4v) is 2.80. The van der Waals surface area contributed by atoms with Gasteiger partial charge in [-0.05, 0) is 47.6 Å². The van der Waals surface area contributed by atoms with Crippen LogP contribution in [-0.4, -0.2) is 24.2 Å². The first-order valence-corrected chi connectivity index (χ1v) is 7.21. The van der Waals surface area contributed by atoms with Crippen molar-refractivity contribution in [3.8, 4) is 0 Å². The number of pyridine rings is 1. The molecule has 9 heteroatoms. The molecule has 1 fully saturated rings. The maximum absolute atomic E-state index is 12.7. The third kappa shape index (κ3) is 4.13. The van der Waals surface area contributed by atoms with Crippen molar-refractivity contribution in [1.29, 1.82) is 0 Å². The number of nitrogens with zero attached hydrogens (tertiary/aromatic N) is 2. The number of hydrogen-bond donors (Lipinski definition) is 0. The van der Waals surface area contributed by atoms with Crippen molar-refractivity contribution < 1.29 is 26.3 Å². The molecule has 0 bridgehead atoms. The van der Waals surface area contributed by atoms with Crippen LogP contribution in [0, 0.1) is 9.49 Å². The molecule has 0 radical (unpaired) electrons. The Morgan fingerprint density at radius 3 is 2.10 bits per heavy atom. The van der Waals surface area contributed by atoms with Gasteiger partial charge in [0.25, 0.3) is 0 Å². The Morgan fingerprint density at radius 1 is 1.05 bits per heavy atom. The molecule has 1 aliphatic rings. The molecule has 1 aromatic heterocycles. The summed E-state index contributed by atoms with van der Waals surface area (Å²) in [4.78, 5) is 5.00. The molecule has 0 unspecified atom stereocenters. The summed E-state index contributed by atoms with van der Waals surface area (Å²) in [5.41, 5.74) is -1.03. The molecule has 0 N–H and O–H groups in total. The van der Waals surface area contributed by atoms with Crippen molar-refractivity contribution in [2.24, 2.45) is 5.92 Å². The Kier molecular flexibility index (Phi) is 4.60. The Hall–Kier alpha value is -0.740. The Labute approximate surface area is 130 Å². The average molecular weight is 424 g/mol. The lowest BCUT2D eigenvalue weighted by molar-refractivity contribution is -0.179. The van der Waals surface area contributed by atoms with Crippen LogP contribution < -0.4 is 4.90 Å². The van der Waals surface area contributed by atoms with Gasteiger partial charge in [0, 0.05) is 16.7 Å². The largest absolute Gasteiger partial charge is 0.433 e. The summed E-state index contributed by atoms with van der Waals surface area (Å²) in [6.45, 7) is 0.100. The second-order valence-electron chi connectivity index (χ2n) is 4.83. The number of alkyl halides is 6. The summed E-state index contributed by atoms with van der Waals surface area (Å²) in [6.07, 6.45) is -9.07. The SMILES string of the molecule is FC(F)(F)c1cc(I)cc(N2CCC(C(F)(F)F)CC2)n1. The predicted molar refractivity (Wildman–Crippen MR) is 72.9 cm³/mol. The third-order valence-electron chi connectivity index (χ3n) is 3.35. The molecule has 1 aliphatic heterocycles. The minimum absolute atomic E-state index is 0.0502. The smallest absolute Gasteiger partial charge is 0.357 e. The van der Waals surface area contributed by atoms with E-state index >= 15 is 0 Å². The van der Waals surface area contributed by atoms with Crippen LogP contribution in [0.4, 0.5) is 32.2 Å². The van der Waals surface area contributed by atoms with Gasteiger partial charge in [-0.3, -0.25) is 0 Å². The van der Waals surface area contributed by atoms with E-state index in [0.717, 1.165) is 6.07 Å². The Morgan fingerprint density at radius 2 is 1.62 bits per heavy atom. The van der Waals surface area contributed by atoms with Crippen LogP contribution in [0.5, 0.6) is 0 Å². The number of piperidine rings is 1. The monoisotopic (exact) mass is 424 g/mol. The second kappa shape index (κ2) is 5.81. The van der Waals surface area contributed by atoms with E-state index in [0.29, 0.717) is 3.57 Å². The molecule has 0 saturated carbocycles. The van der Waals surface area contributed by atoms with Gasteiger partial charge in [-0.2, -0.15) is 26.3 Å². The molecular weight excluding hydrogens is 413 g/mol. The fraction of sp³-hybridized carbons (Fsp3) is 0.583. The Balaban J connectivity index is 2.16. The van der Waals surface area contributed by atoms with Crippen LogP contribution in [-0.2, 0) is 6.18 Å². The molecule has 2 rings (SSSR count). The van der Waals surface area contributed by atoms with Crippen LogP contribution in [0.25, 0.3) is 0 Å². The van der Waals surface area contributed by atoms with E-state index in [1.807, 2.05) is 0 Å². The average Bonchev–Trinajstić information content (AvgIpc) is 2.36. The molecule has 1 saturated heterocycles. The van der Waals surface area contributed by atoms with E-state index in [1.165, 1.54) is 11.0 Å². The van der Waals surface area contributed by atoms with Crippen LogP contribution in [0.1, 0.15) is 18.5 Å². The van der Waals surface area contributed by atoms with Gasteiger partial charge in [0.2, 0.25) is 0 Å². The van der Waals surface area contributed by atoms with Gasteiger partial charge in [-0.15, -0.1) is 0 Å². The van der Waals surface area contributed by atoms with Gasteiger partial charge in [0.15, 0.2) is 0 Å². The second-order valence-corrected chi connectivity index (χ2v) is 6.08. The van der Waals surface area contributed by atoms with E-state index in [1.54, 1.807) is 22.6 Å². The van der Waals surface area contributed by atoms with E-state index in [2.05, 4.69) is 4.98 Å². The zero-order valence-corrected chi connectivity index (χ0v) is 12.8. The summed E-state index contributed by atoms with van der Waals surface area (Å²) < 4.78 is 76.2. The summed E-state index contributed by atoms with van der Waals surface area (Å²) in [7, 11) is 0. The van der Waals surface area contributed by atoms with E-state index < -0.39 is 24.0 Å². The summed E-state index contributed by atoms with van der Waals surface area (Å²) in [5, 5.41) is 0. The lowest BCUT2D eigenvalue weighted by Gasteiger charge is -2.33. The molecule has 0 aliphatic carbocycles. The third-order valence-corrected chi connectivity index (χ3v) is 3.97. The van der Waals surface area contributed by atoms with Crippen molar-refractivity contribution in [3.05, 3.63) is 21.4 Å². The first-order chi connectivity index (χ1) is 9.57. The van der Waals surface area contributed by atoms with Crippen LogP contribution >= 0.6 is 22.6 Å². The molecular formula is C12H11F6IN2. The molecule has 0 atom stereocenters. The predicted octanol–water partition coefficient (Wildman–Crippen LogP) is 4.48. The minimum atomic E-state index is -4.57. The van der Waals surface area contributed by atoms with Crippen molar-refractivity contribution >= 4 is 28.4 Å². The summed E-state index contributed by atoms with van der Waals surface area (Å²) in [6, 6.07) is 2.36. The number of aromatic nitrogens is 1. The highest BCUT2D eigenvalue weighted by Gasteiger charge is 2.41. The molecule has 1 aromatic rings. The standard InChI is InChI=1S/C12H11F6IN2/c13-11(14,15)7-1-3-21(4-2-7)10-6-8(19)5-9(20-10)12(16,17)18/h5-7H,1-4H2. The normalized spacial score (nSPS) is 18.1. The van der Waals surface area contributed by atoms with Crippen molar-refractivity contribution in [1.82, 2.24) is 4.98 Å². The van der Waals surface area contributed by atoms with E-state index in [4.69, 9.17) is 0 Å². The zero-order chi connectivity index (χ0) is 15.8. The quantitative estimate of drug-likeness (QED) is 0.488. The first kappa shape index (κ1) is 16.6. The van der Waals surface area contributed by atoms with Gasteiger partial charge in [-0.25, -0.2) is 4.98 Å². The summed E-state index contributed by atoms with van der Waals surface area (Å²) in [5.74, 6) is -1.31. The van der Waals surface area contributed by atoms with Gasteiger partial charge in [-0.1, -0.05) is 0 Å². The van der Waals surface area contributed by atoms with Crippen LogP contribution in [0.3, 0.4) is 0 Å². The van der Waals surface area contributed by atoms with Crippen molar-refractivity contribution in [2.45, 2.75) is 25.2 Å². The highest BCUT2D eigenvalue weighted by Crippen LogP contribution is 2.36. The maximum atomic E-state index is 12.7. The highest BCUT2D eigenvalue weighted by atomic mass is 127. The van der Waals surface area contributed by atoms with Gasteiger partial charge >= 0.3 is 12.4 Å².